The van der Waals surface area contributed by atoms with E-state index in [1.165, 1.54) is 70.4 Å². The van der Waals surface area contributed by atoms with Gasteiger partial charge in [-0.3, -0.25) is 0 Å². The molecule has 0 N–H and O–H groups in total. The van der Waals surface area contributed by atoms with Gasteiger partial charge in [0.1, 0.15) is 0 Å². The van der Waals surface area contributed by atoms with Gasteiger partial charge in [-0.05, 0) is 85.4 Å². The lowest BCUT2D eigenvalue weighted by Crippen LogP contribution is -2.05. The van der Waals surface area contributed by atoms with E-state index < -0.39 is 35.2 Å². The van der Waals surface area contributed by atoms with E-state index in [0.717, 1.165) is 48.5 Å². The molecule has 0 amide bonds. The summed E-state index contributed by atoms with van der Waals surface area (Å²) in [5, 5.41) is 3.92. The lowest BCUT2D eigenvalue weighted by Gasteiger charge is -2.13. The van der Waals surface area contributed by atoms with Gasteiger partial charge in [0.15, 0.2) is 0 Å². The normalized spacial score (nSPS) is 13.0. The van der Waals surface area contributed by atoms with Crippen LogP contribution in [-0.2, 0) is 18.5 Å². The Bertz CT molecular complexity index is 2820. The minimum absolute atomic E-state index is 0.0647. The standard InChI is InChI=1S/C45H21F9S3/c46-43(47,48)34-16-13-28(22-7-1-4-10-25(22)34)37-19-31-40(55-37)32-20-38(29-14-17-35(44(49,50)51)26-11-5-2-8-23(26)29)57-42(32)33-21-39(56-41(31)33)30-15-18-36(45(52,53)54)27-12-6-3-9-24(27)30/h1-21H. The maximum atomic E-state index is 14.1. The number of alkyl halides is 9. The third kappa shape index (κ3) is 5.71. The maximum Gasteiger partial charge on any atom is 0.417 e. The van der Waals surface area contributed by atoms with Gasteiger partial charge in [0.05, 0.1) is 16.7 Å². The van der Waals surface area contributed by atoms with E-state index in [4.69, 9.17) is 0 Å². The first kappa shape index (κ1) is 35.9. The number of hydrogen-bond acceptors (Lipinski definition) is 3. The van der Waals surface area contributed by atoms with E-state index in [0.29, 0.717) is 47.5 Å². The van der Waals surface area contributed by atoms with Gasteiger partial charge in [-0.25, -0.2) is 0 Å². The van der Waals surface area contributed by atoms with E-state index >= 15 is 0 Å². The summed E-state index contributed by atoms with van der Waals surface area (Å²) >= 11 is 4.23. The van der Waals surface area contributed by atoms with Crippen molar-refractivity contribution in [2.24, 2.45) is 0 Å². The van der Waals surface area contributed by atoms with Crippen molar-refractivity contribution in [3.05, 3.63) is 144 Å². The van der Waals surface area contributed by atoms with Crippen molar-refractivity contribution in [1.29, 1.82) is 0 Å². The molecule has 0 aliphatic carbocycles. The average Bonchev–Trinajstić information content (AvgIpc) is 3.93. The first-order chi connectivity index (χ1) is 27.2. The summed E-state index contributed by atoms with van der Waals surface area (Å²) in [5.41, 5.74) is -0.413. The molecule has 0 aliphatic rings. The molecule has 57 heavy (non-hydrogen) atoms. The van der Waals surface area contributed by atoms with Crippen molar-refractivity contribution >= 4 is 96.6 Å². The maximum absolute atomic E-state index is 14.1. The van der Waals surface area contributed by atoms with Crippen LogP contribution in [0.3, 0.4) is 0 Å². The zero-order chi connectivity index (χ0) is 39.6. The highest BCUT2D eigenvalue weighted by Gasteiger charge is 2.35. The zero-order valence-electron chi connectivity index (χ0n) is 28.8. The van der Waals surface area contributed by atoms with Crippen molar-refractivity contribution in [3.8, 4) is 31.3 Å². The van der Waals surface area contributed by atoms with Crippen molar-refractivity contribution in [1.82, 2.24) is 0 Å². The molecule has 12 heteroatoms. The van der Waals surface area contributed by atoms with Crippen LogP contribution in [0.15, 0.2) is 127 Å². The molecular formula is C45H21F9S3. The summed E-state index contributed by atoms with van der Waals surface area (Å²) in [6.07, 6.45) is -13.7. The lowest BCUT2D eigenvalue weighted by molar-refractivity contribution is -0.137. The van der Waals surface area contributed by atoms with Crippen LogP contribution in [0.5, 0.6) is 0 Å². The quantitative estimate of drug-likeness (QED) is 0.156. The molecule has 0 nitrogen and oxygen atoms in total. The second-order valence-corrected chi connectivity index (χ2v) is 16.8. The second-order valence-electron chi connectivity index (χ2n) is 13.7. The van der Waals surface area contributed by atoms with E-state index in [9.17, 15) is 39.5 Å². The Hall–Kier alpha value is -5.43. The van der Waals surface area contributed by atoms with Gasteiger partial charge in [-0.1, -0.05) is 91.0 Å². The molecule has 7 aromatic carbocycles. The van der Waals surface area contributed by atoms with Gasteiger partial charge in [-0.2, -0.15) is 39.5 Å². The van der Waals surface area contributed by atoms with E-state index in [2.05, 4.69) is 0 Å². The topological polar surface area (TPSA) is 0 Å². The van der Waals surface area contributed by atoms with Crippen molar-refractivity contribution in [2.75, 3.05) is 0 Å². The molecule has 0 radical (unpaired) electrons. The summed E-state index contributed by atoms with van der Waals surface area (Å²) in [6.45, 7) is 0. The minimum Gasteiger partial charge on any atom is -0.166 e. The number of fused-ring (bicyclic) bond motifs is 9. The Kier molecular flexibility index (Phi) is 7.90. The molecule has 0 spiro atoms. The van der Waals surface area contributed by atoms with E-state index in [1.54, 1.807) is 54.6 Å². The molecule has 0 unspecified atom stereocenters. The van der Waals surface area contributed by atoms with Crippen LogP contribution in [0.25, 0.3) is 93.9 Å². The van der Waals surface area contributed by atoms with E-state index in [-0.39, 0.29) is 16.2 Å². The molecule has 10 aromatic rings. The van der Waals surface area contributed by atoms with Crippen LogP contribution in [0, 0.1) is 0 Å². The number of thiophene rings is 3. The average molecular weight is 829 g/mol. The molecule has 3 heterocycles. The predicted octanol–water partition coefficient (Wildman–Crippen LogP) is 16.8. The minimum atomic E-state index is -4.57. The fourth-order valence-electron chi connectivity index (χ4n) is 7.96. The fourth-order valence-corrected chi connectivity index (χ4v) is 11.8. The van der Waals surface area contributed by atoms with Gasteiger partial charge in [0.2, 0.25) is 0 Å². The van der Waals surface area contributed by atoms with Crippen LogP contribution in [0.4, 0.5) is 39.5 Å². The van der Waals surface area contributed by atoms with Gasteiger partial charge in [-0.15, -0.1) is 34.0 Å². The van der Waals surface area contributed by atoms with Crippen LogP contribution in [-0.4, -0.2) is 0 Å². The number of benzene rings is 7. The summed E-state index contributed by atoms with van der Waals surface area (Å²) in [4.78, 5) is 2.14. The highest BCUT2D eigenvalue weighted by atomic mass is 32.1. The monoisotopic (exact) mass is 828 g/mol. The molecule has 0 aliphatic heterocycles. The van der Waals surface area contributed by atoms with Crippen molar-refractivity contribution in [3.63, 3.8) is 0 Å². The van der Waals surface area contributed by atoms with E-state index in [1.807, 2.05) is 18.2 Å². The Morgan fingerprint density at radius 2 is 0.526 bits per heavy atom. The third-order valence-corrected chi connectivity index (χ3v) is 14.0. The fraction of sp³-hybridized carbons (Fsp3) is 0.0667. The Balaban J connectivity index is 1.27. The summed E-state index contributed by atoms with van der Waals surface area (Å²) in [6, 6.07) is 32.6. The van der Waals surface area contributed by atoms with Crippen LogP contribution < -0.4 is 0 Å². The molecule has 0 saturated carbocycles. The van der Waals surface area contributed by atoms with Gasteiger partial charge < -0.3 is 0 Å². The van der Waals surface area contributed by atoms with Crippen molar-refractivity contribution < 1.29 is 39.5 Å². The van der Waals surface area contributed by atoms with Gasteiger partial charge >= 0.3 is 18.5 Å². The second kappa shape index (κ2) is 12.5. The molecule has 0 atom stereocenters. The lowest BCUT2D eigenvalue weighted by atomic mass is 9.97. The molecular weight excluding hydrogens is 808 g/mol. The molecule has 0 fully saturated rings. The Morgan fingerprint density at radius 1 is 0.281 bits per heavy atom. The van der Waals surface area contributed by atoms with Crippen LogP contribution >= 0.6 is 34.0 Å². The molecule has 282 valence electrons. The summed E-state index contributed by atoms with van der Waals surface area (Å²) in [5.74, 6) is 0. The molecule has 0 saturated heterocycles. The van der Waals surface area contributed by atoms with Gasteiger partial charge in [0.25, 0.3) is 0 Å². The van der Waals surface area contributed by atoms with Crippen LogP contribution in [0.1, 0.15) is 16.7 Å². The number of rotatable bonds is 3. The molecule has 0 bridgehead atoms. The molecule has 10 rings (SSSR count). The highest BCUT2D eigenvalue weighted by Crippen LogP contribution is 2.53. The summed E-state index contributed by atoms with van der Waals surface area (Å²) in [7, 11) is 0. The largest absolute Gasteiger partial charge is 0.417 e. The summed E-state index contributed by atoms with van der Waals surface area (Å²) < 4.78 is 129. The van der Waals surface area contributed by atoms with Gasteiger partial charge in [0, 0.05) is 44.9 Å². The SMILES string of the molecule is FC(F)(F)c1ccc(-c2cc3c(s2)c2cc(-c4ccc(C(F)(F)F)c5ccccc45)sc2c2cc(-c4ccc(C(F)(F)F)c5ccccc45)sc32)c2ccccc12. The Labute approximate surface area is 328 Å². The number of halogens is 9. The predicted molar refractivity (Wildman–Crippen MR) is 216 cm³/mol. The Morgan fingerprint density at radius 3 is 0.772 bits per heavy atom. The number of hydrogen-bond donors (Lipinski definition) is 0. The third-order valence-electron chi connectivity index (χ3n) is 10.4. The zero-order valence-corrected chi connectivity index (χ0v) is 31.2. The molecule has 3 aromatic heterocycles. The van der Waals surface area contributed by atoms with Crippen LogP contribution in [0.2, 0.25) is 0 Å². The smallest absolute Gasteiger partial charge is 0.166 e. The first-order valence-corrected chi connectivity index (χ1v) is 19.8. The van der Waals surface area contributed by atoms with Crippen molar-refractivity contribution in [2.45, 2.75) is 18.5 Å². The first-order valence-electron chi connectivity index (χ1n) is 17.4. The highest BCUT2D eigenvalue weighted by molar-refractivity contribution is 7.30.